The van der Waals surface area contributed by atoms with Crippen LogP contribution in [0.25, 0.3) is 0 Å². The Morgan fingerprint density at radius 1 is 1.08 bits per heavy atom. The van der Waals surface area contributed by atoms with E-state index in [4.69, 9.17) is 27.9 Å². The van der Waals surface area contributed by atoms with Crippen LogP contribution in [-0.2, 0) is 6.18 Å². The number of alkyl halides is 3. The van der Waals surface area contributed by atoms with Crippen LogP contribution in [0.15, 0.2) is 36.4 Å². The Hall–Kier alpha value is -2.05. The van der Waals surface area contributed by atoms with E-state index in [0.29, 0.717) is 6.07 Å². The van der Waals surface area contributed by atoms with E-state index in [1.165, 1.54) is 19.1 Å². The maximum absolute atomic E-state index is 12.7. The average Bonchev–Trinajstić information content (AvgIpc) is 2.48. The SMILES string of the molecule is CC(=O)c1cc(Cl)cc(Cl)c1OC(=O)c1cccc(C(F)(F)F)c1. The van der Waals surface area contributed by atoms with Gasteiger partial charge < -0.3 is 4.74 Å². The van der Waals surface area contributed by atoms with Gasteiger partial charge >= 0.3 is 12.1 Å². The van der Waals surface area contributed by atoms with Crippen molar-refractivity contribution in [3.05, 3.63) is 63.1 Å². The van der Waals surface area contributed by atoms with E-state index in [0.717, 1.165) is 18.2 Å². The van der Waals surface area contributed by atoms with Crippen molar-refractivity contribution in [2.75, 3.05) is 0 Å². The quantitative estimate of drug-likeness (QED) is 0.407. The molecule has 126 valence electrons. The van der Waals surface area contributed by atoms with Crippen molar-refractivity contribution in [3.63, 3.8) is 0 Å². The predicted octanol–water partition coefficient (Wildman–Crippen LogP) is 5.43. The monoisotopic (exact) mass is 376 g/mol. The van der Waals surface area contributed by atoms with Gasteiger partial charge in [0.05, 0.1) is 21.7 Å². The molecule has 0 aliphatic heterocycles. The fourth-order valence-electron chi connectivity index (χ4n) is 1.90. The smallest absolute Gasteiger partial charge is 0.416 e. The molecular formula is C16H9Cl2F3O3. The minimum Gasteiger partial charge on any atom is -0.421 e. The molecule has 3 nitrogen and oxygen atoms in total. The first-order chi connectivity index (χ1) is 11.1. The zero-order valence-corrected chi connectivity index (χ0v) is 13.6. The van der Waals surface area contributed by atoms with Gasteiger partial charge in [-0.1, -0.05) is 29.3 Å². The van der Waals surface area contributed by atoms with E-state index in [1.54, 1.807) is 0 Å². The number of rotatable bonds is 3. The van der Waals surface area contributed by atoms with Crippen LogP contribution in [0, 0.1) is 0 Å². The first-order valence-corrected chi connectivity index (χ1v) is 7.24. The number of carbonyl (C=O) groups excluding carboxylic acids is 2. The molecule has 8 heteroatoms. The summed E-state index contributed by atoms with van der Waals surface area (Å²) in [5.41, 5.74) is -1.37. The Balaban J connectivity index is 2.39. The van der Waals surface area contributed by atoms with E-state index in [-0.39, 0.29) is 26.9 Å². The molecule has 24 heavy (non-hydrogen) atoms. The number of esters is 1. The molecule has 0 aliphatic rings. The lowest BCUT2D eigenvalue weighted by Crippen LogP contribution is -2.13. The molecule has 0 saturated heterocycles. The number of ketones is 1. The standard InChI is InChI=1S/C16H9Cl2F3O3/c1-8(22)12-6-11(17)7-13(18)14(12)24-15(23)9-3-2-4-10(5-9)16(19,20)21/h2-7H,1H3. The third-order valence-electron chi connectivity index (χ3n) is 3.01. The summed E-state index contributed by atoms with van der Waals surface area (Å²) in [5.74, 6) is -1.80. The topological polar surface area (TPSA) is 43.4 Å². The summed E-state index contributed by atoms with van der Waals surface area (Å²) in [4.78, 5) is 23.7. The summed E-state index contributed by atoms with van der Waals surface area (Å²) in [6, 6.07) is 6.23. The Kier molecular flexibility index (Phi) is 5.20. The number of hydrogen-bond acceptors (Lipinski definition) is 3. The Morgan fingerprint density at radius 3 is 2.33 bits per heavy atom. The van der Waals surface area contributed by atoms with Gasteiger partial charge in [-0.3, -0.25) is 4.79 Å². The van der Waals surface area contributed by atoms with Crippen molar-refractivity contribution in [1.29, 1.82) is 0 Å². The van der Waals surface area contributed by atoms with Crippen LogP contribution in [0.1, 0.15) is 33.2 Å². The van der Waals surface area contributed by atoms with Gasteiger partial charge in [-0.25, -0.2) is 4.79 Å². The maximum Gasteiger partial charge on any atom is 0.416 e. The van der Waals surface area contributed by atoms with Crippen LogP contribution < -0.4 is 4.74 Å². The van der Waals surface area contributed by atoms with Crippen LogP contribution in [-0.4, -0.2) is 11.8 Å². The van der Waals surface area contributed by atoms with Gasteiger partial charge in [0.1, 0.15) is 0 Å². The fraction of sp³-hybridized carbons (Fsp3) is 0.125. The first kappa shape index (κ1) is 18.3. The third-order valence-corrected chi connectivity index (χ3v) is 3.51. The maximum atomic E-state index is 12.7. The number of ether oxygens (including phenoxy) is 1. The van der Waals surface area contributed by atoms with Gasteiger partial charge in [-0.15, -0.1) is 0 Å². The zero-order chi connectivity index (χ0) is 18.1. The summed E-state index contributed by atoms with van der Waals surface area (Å²) < 4.78 is 43.1. The number of Topliss-reactive ketones (excluding diaryl/α,β-unsaturated/α-hetero) is 1. The minimum absolute atomic E-state index is 0.0483. The second kappa shape index (κ2) is 6.83. The van der Waals surface area contributed by atoms with Crippen LogP contribution >= 0.6 is 23.2 Å². The van der Waals surface area contributed by atoms with Crippen molar-refractivity contribution < 1.29 is 27.5 Å². The van der Waals surface area contributed by atoms with Crippen molar-refractivity contribution in [2.24, 2.45) is 0 Å². The number of benzene rings is 2. The predicted molar refractivity (Wildman–Crippen MR) is 82.9 cm³/mol. The minimum atomic E-state index is -4.60. The highest BCUT2D eigenvalue weighted by Crippen LogP contribution is 2.34. The van der Waals surface area contributed by atoms with E-state index >= 15 is 0 Å². The van der Waals surface area contributed by atoms with Crippen molar-refractivity contribution in [1.82, 2.24) is 0 Å². The van der Waals surface area contributed by atoms with Crippen LogP contribution in [0.2, 0.25) is 10.0 Å². The molecule has 0 radical (unpaired) electrons. The van der Waals surface area contributed by atoms with Crippen LogP contribution in [0.3, 0.4) is 0 Å². The summed E-state index contributed by atoms with van der Waals surface area (Å²) in [6.07, 6.45) is -4.60. The molecule has 0 unspecified atom stereocenters. The average molecular weight is 377 g/mol. The lowest BCUT2D eigenvalue weighted by atomic mass is 10.1. The van der Waals surface area contributed by atoms with Gasteiger partial charge in [-0.05, 0) is 37.3 Å². The second-order valence-electron chi connectivity index (χ2n) is 4.79. The fourth-order valence-corrected chi connectivity index (χ4v) is 2.43. The highest BCUT2D eigenvalue weighted by atomic mass is 35.5. The number of halogens is 5. The van der Waals surface area contributed by atoms with E-state index in [9.17, 15) is 22.8 Å². The second-order valence-corrected chi connectivity index (χ2v) is 5.63. The highest BCUT2D eigenvalue weighted by molar-refractivity contribution is 6.36. The Morgan fingerprint density at radius 2 is 1.75 bits per heavy atom. The van der Waals surface area contributed by atoms with E-state index < -0.39 is 23.5 Å². The van der Waals surface area contributed by atoms with E-state index in [1.807, 2.05) is 0 Å². The molecule has 0 atom stereocenters. The van der Waals surface area contributed by atoms with Crippen LogP contribution in [0.4, 0.5) is 13.2 Å². The van der Waals surface area contributed by atoms with Crippen molar-refractivity contribution in [3.8, 4) is 5.75 Å². The van der Waals surface area contributed by atoms with Gasteiger partial charge in [0.25, 0.3) is 0 Å². The molecule has 0 spiro atoms. The molecular weight excluding hydrogens is 368 g/mol. The lowest BCUT2D eigenvalue weighted by molar-refractivity contribution is -0.137. The lowest BCUT2D eigenvalue weighted by Gasteiger charge is -2.12. The highest BCUT2D eigenvalue weighted by Gasteiger charge is 2.31. The van der Waals surface area contributed by atoms with Crippen molar-refractivity contribution in [2.45, 2.75) is 13.1 Å². The molecule has 0 N–H and O–H groups in total. The first-order valence-electron chi connectivity index (χ1n) is 6.49. The largest absolute Gasteiger partial charge is 0.421 e. The van der Waals surface area contributed by atoms with Gasteiger partial charge in [-0.2, -0.15) is 13.2 Å². The molecule has 0 aliphatic carbocycles. The van der Waals surface area contributed by atoms with Gasteiger partial charge in [0, 0.05) is 5.02 Å². The Bertz CT molecular complexity index is 817. The molecule has 0 heterocycles. The molecule has 0 amide bonds. The normalized spacial score (nSPS) is 11.2. The zero-order valence-electron chi connectivity index (χ0n) is 12.1. The summed E-state index contributed by atoms with van der Waals surface area (Å²) in [5, 5.41) is 0.0529. The van der Waals surface area contributed by atoms with Gasteiger partial charge in [0.15, 0.2) is 11.5 Å². The molecule has 0 saturated carbocycles. The molecule has 2 aromatic carbocycles. The molecule has 0 fully saturated rings. The number of hydrogen-bond donors (Lipinski definition) is 0. The molecule has 2 aromatic rings. The molecule has 2 rings (SSSR count). The number of carbonyl (C=O) groups is 2. The van der Waals surface area contributed by atoms with E-state index in [2.05, 4.69) is 0 Å². The van der Waals surface area contributed by atoms with Gasteiger partial charge in [0.2, 0.25) is 0 Å². The van der Waals surface area contributed by atoms with Crippen molar-refractivity contribution >= 4 is 35.0 Å². The summed E-state index contributed by atoms with van der Waals surface area (Å²) >= 11 is 11.7. The van der Waals surface area contributed by atoms with Crippen LogP contribution in [0.5, 0.6) is 5.75 Å². The summed E-state index contributed by atoms with van der Waals surface area (Å²) in [6.45, 7) is 1.21. The molecule has 0 bridgehead atoms. The summed E-state index contributed by atoms with van der Waals surface area (Å²) in [7, 11) is 0. The molecule has 0 aromatic heterocycles. The third kappa shape index (κ3) is 4.07. The Labute approximate surface area is 144 Å².